The first kappa shape index (κ1) is 15.2. The van der Waals surface area contributed by atoms with E-state index in [0.717, 1.165) is 29.9 Å². The molecule has 2 rings (SSSR count). The van der Waals surface area contributed by atoms with Gasteiger partial charge in [0.15, 0.2) is 5.82 Å². The third-order valence-corrected chi connectivity index (χ3v) is 4.47. The zero-order valence-corrected chi connectivity index (χ0v) is 13.3. The van der Waals surface area contributed by atoms with E-state index in [4.69, 9.17) is 5.73 Å². The maximum Gasteiger partial charge on any atom is 0.153 e. The van der Waals surface area contributed by atoms with E-state index >= 15 is 0 Å². The molecular weight excluding hydrogens is 248 g/mol. The second kappa shape index (κ2) is 6.08. The Morgan fingerprint density at radius 3 is 2.45 bits per heavy atom. The summed E-state index contributed by atoms with van der Waals surface area (Å²) in [6.45, 7) is 9.49. The number of nitrogens with two attached hydrogens (primary N) is 1. The van der Waals surface area contributed by atoms with Gasteiger partial charge in [-0.25, -0.2) is 0 Å². The molecule has 1 aliphatic carbocycles. The molecule has 4 heteroatoms. The molecule has 0 aromatic carbocycles. The molecule has 3 N–H and O–H groups in total. The third kappa shape index (κ3) is 3.11. The number of anilines is 1. The minimum Gasteiger partial charge on any atom is -0.366 e. The first-order chi connectivity index (χ1) is 9.50. The largest absolute Gasteiger partial charge is 0.366 e. The van der Waals surface area contributed by atoms with Gasteiger partial charge in [-0.1, -0.05) is 27.7 Å². The summed E-state index contributed by atoms with van der Waals surface area (Å²) >= 11 is 0. The summed E-state index contributed by atoms with van der Waals surface area (Å²) in [7, 11) is 0. The van der Waals surface area contributed by atoms with Gasteiger partial charge in [0, 0.05) is 18.2 Å². The molecule has 0 saturated heterocycles. The zero-order chi connectivity index (χ0) is 14.8. The highest BCUT2D eigenvalue weighted by molar-refractivity contribution is 5.50. The fraction of sp³-hybridized carbons (Fsp3) is 0.750. The highest BCUT2D eigenvalue weighted by Crippen LogP contribution is 2.38. The summed E-state index contributed by atoms with van der Waals surface area (Å²) in [5.74, 6) is 0.907. The summed E-state index contributed by atoms with van der Waals surface area (Å²) in [6.07, 6.45) is 5.55. The Labute approximate surface area is 122 Å². The van der Waals surface area contributed by atoms with E-state index in [0.29, 0.717) is 18.0 Å². The lowest BCUT2D eigenvalue weighted by molar-refractivity contribution is 0.378. The average Bonchev–Trinajstić information content (AvgIpc) is 2.77. The summed E-state index contributed by atoms with van der Waals surface area (Å²) in [4.78, 5) is 0. The molecule has 1 aliphatic rings. The van der Waals surface area contributed by atoms with Crippen molar-refractivity contribution in [2.24, 2.45) is 11.1 Å². The third-order valence-electron chi connectivity index (χ3n) is 4.47. The van der Waals surface area contributed by atoms with Crippen LogP contribution in [0.4, 0.5) is 5.82 Å². The summed E-state index contributed by atoms with van der Waals surface area (Å²) in [6, 6.07) is 0.502. The Morgan fingerprint density at radius 2 is 1.95 bits per heavy atom. The van der Waals surface area contributed by atoms with Gasteiger partial charge in [-0.15, -0.1) is 5.10 Å². The molecule has 1 fully saturated rings. The maximum atomic E-state index is 5.97. The van der Waals surface area contributed by atoms with E-state index in [2.05, 4.69) is 43.2 Å². The Balaban J connectivity index is 2.24. The van der Waals surface area contributed by atoms with Crippen molar-refractivity contribution in [3.05, 3.63) is 16.8 Å². The quantitative estimate of drug-likeness (QED) is 0.867. The molecule has 0 radical (unpaired) electrons. The Bertz CT molecular complexity index is 468. The van der Waals surface area contributed by atoms with E-state index in [1.54, 1.807) is 0 Å². The molecule has 4 nitrogen and oxygen atoms in total. The predicted octanol–water partition coefficient (Wildman–Crippen LogP) is 3.05. The SMILES string of the molecule is CCc1nnc(NC2CCC(C)(C)C2)c(CN)c1CC. The van der Waals surface area contributed by atoms with Crippen molar-refractivity contribution in [3.8, 4) is 0 Å². The second-order valence-corrected chi connectivity index (χ2v) is 6.61. The molecule has 0 aliphatic heterocycles. The highest BCUT2D eigenvalue weighted by Gasteiger charge is 2.31. The lowest BCUT2D eigenvalue weighted by Crippen LogP contribution is -2.22. The molecule has 0 spiro atoms. The first-order valence-corrected chi connectivity index (χ1v) is 7.84. The molecule has 112 valence electrons. The van der Waals surface area contributed by atoms with E-state index in [9.17, 15) is 0 Å². The number of hydrogen-bond acceptors (Lipinski definition) is 4. The Morgan fingerprint density at radius 1 is 1.20 bits per heavy atom. The summed E-state index contributed by atoms with van der Waals surface area (Å²) < 4.78 is 0. The van der Waals surface area contributed by atoms with Crippen molar-refractivity contribution >= 4 is 5.82 Å². The summed E-state index contributed by atoms with van der Waals surface area (Å²) in [5, 5.41) is 12.4. The van der Waals surface area contributed by atoms with Crippen LogP contribution in [0.2, 0.25) is 0 Å². The van der Waals surface area contributed by atoms with E-state index in [1.807, 2.05) is 0 Å². The Kier molecular flexibility index (Phi) is 4.63. The van der Waals surface area contributed by atoms with Crippen LogP contribution < -0.4 is 11.1 Å². The minimum atomic E-state index is 0.435. The molecule has 1 atom stereocenters. The number of aromatic nitrogens is 2. The van der Waals surface area contributed by atoms with E-state index < -0.39 is 0 Å². The van der Waals surface area contributed by atoms with E-state index in [1.165, 1.54) is 24.8 Å². The van der Waals surface area contributed by atoms with Crippen molar-refractivity contribution < 1.29 is 0 Å². The Hall–Kier alpha value is -1.16. The number of aryl methyl sites for hydroxylation is 1. The second-order valence-electron chi connectivity index (χ2n) is 6.61. The lowest BCUT2D eigenvalue weighted by Gasteiger charge is -2.20. The van der Waals surface area contributed by atoms with Crippen molar-refractivity contribution in [2.45, 2.75) is 72.4 Å². The molecule has 20 heavy (non-hydrogen) atoms. The first-order valence-electron chi connectivity index (χ1n) is 7.84. The lowest BCUT2D eigenvalue weighted by atomic mass is 9.92. The van der Waals surface area contributed by atoms with Crippen LogP contribution in [0.1, 0.15) is 63.8 Å². The van der Waals surface area contributed by atoms with Gasteiger partial charge in [-0.2, -0.15) is 5.10 Å². The van der Waals surface area contributed by atoms with Crippen LogP contribution in [0, 0.1) is 5.41 Å². The van der Waals surface area contributed by atoms with Gasteiger partial charge in [-0.05, 0) is 43.1 Å². The highest BCUT2D eigenvalue weighted by atomic mass is 15.2. The van der Waals surface area contributed by atoms with Crippen LogP contribution in [0.3, 0.4) is 0 Å². The number of hydrogen-bond donors (Lipinski definition) is 2. The van der Waals surface area contributed by atoms with Crippen molar-refractivity contribution in [3.63, 3.8) is 0 Å². The minimum absolute atomic E-state index is 0.435. The van der Waals surface area contributed by atoms with Crippen LogP contribution in [-0.4, -0.2) is 16.2 Å². The number of nitrogens with zero attached hydrogens (tertiary/aromatic N) is 2. The monoisotopic (exact) mass is 276 g/mol. The molecule has 0 amide bonds. The molecular formula is C16H28N4. The van der Waals surface area contributed by atoms with Crippen LogP contribution in [0.25, 0.3) is 0 Å². The van der Waals surface area contributed by atoms with Crippen molar-refractivity contribution in [1.29, 1.82) is 0 Å². The molecule has 0 bridgehead atoms. The number of rotatable bonds is 5. The zero-order valence-electron chi connectivity index (χ0n) is 13.3. The fourth-order valence-electron chi connectivity index (χ4n) is 3.34. The molecule has 1 aromatic heterocycles. The van der Waals surface area contributed by atoms with Crippen molar-refractivity contribution in [2.75, 3.05) is 5.32 Å². The molecule has 1 heterocycles. The number of nitrogens with one attached hydrogen (secondary N) is 1. The van der Waals surface area contributed by atoms with Gasteiger partial charge in [-0.3, -0.25) is 0 Å². The average molecular weight is 276 g/mol. The van der Waals surface area contributed by atoms with Gasteiger partial charge in [0.1, 0.15) is 0 Å². The van der Waals surface area contributed by atoms with Crippen LogP contribution >= 0.6 is 0 Å². The van der Waals surface area contributed by atoms with Gasteiger partial charge >= 0.3 is 0 Å². The smallest absolute Gasteiger partial charge is 0.153 e. The maximum absolute atomic E-state index is 5.97. The predicted molar refractivity (Wildman–Crippen MR) is 83.7 cm³/mol. The van der Waals surface area contributed by atoms with E-state index in [-0.39, 0.29) is 0 Å². The molecule has 1 unspecified atom stereocenters. The van der Waals surface area contributed by atoms with Crippen LogP contribution in [-0.2, 0) is 19.4 Å². The van der Waals surface area contributed by atoms with Gasteiger partial charge in [0.2, 0.25) is 0 Å². The van der Waals surface area contributed by atoms with Crippen LogP contribution in [0.15, 0.2) is 0 Å². The van der Waals surface area contributed by atoms with Crippen molar-refractivity contribution in [1.82, 2.24) is 10.2 Å². The fourth-order valence-corrected chi connectivity index (χ4v) is 3.34. The van der Waals surface area contributed by atoms with Crippen LogP contribution in [0.5, 0.6) is 0 Å². The molecule has 1 aromatic rings. The van der Waals surface area contributed by atoms with Gasteiger partial charge < -0.3 is 11.1 Å². The summed E-state index contributed by atoms with van der Waals surface area (Å²) in [5.41, 5.74) is 9.93. The molecule has 1 saturated carbocycles. The standard InChI is InChI=1S/C16H28N4/c1-5-12-13(10-17)15(20-19-14(12)6-2)18-11-7-8-16(3,4)9-11/h11H,5-10,17H2,1-4H3,(H,18,20). The van der Waals surface area contributed by atoms with Gasteiger partial charge in [0.25, 0.3) is 0 Å². The topological polar surface area (TPSA) is 63.8 Å². The van der Waals surface area contributed by atoms with Gasteiger partial charge in [0.05, 0.1) is 5.69 Å². The normalized spacial score (nSPS) is 21.1.